The molecule has 7 nitrogen and oxygen atoms in total. The molecule has 6 rings (SSSR count). The molecule has 0 N–H and O–H groups in total. The number of aliphatic imine (C=N–C) groups is 1. The van der Waals surface area contributed by atoms with Gasteiger partial charge >= 0.3 is 0 Å². The molecular weight excluding hydrogens is 472 g/mol. The molecule has 3 aromatic rings. The number of anilines is 1. The van der Waals surface area contributed by atoms with Crippen molar-refractivity contribution in [1.29, 1.82) is 0 Å². The Hall–Kier alpha value is -3.32. The highest BCUT2D eigenvalue weighted by atomic mass is 16.5. The van der Waals surface area contributed by atoms with Crippen LogP contribution >= 0.6 is 0 Å². The summed E-state index contributed by atoms with van der Waals surface area (Å²) in [6.07, 6.45) is 5.97. The summed E-state index contributed by atoms with van der Waals surface area (Å²) in [5, 5.41) is 0. The molecule has 0 amide bonds. The number of aromatic nitrogens is 3. The first-order chi connectivity index (χ1) is 18.2. The molecule has 1 atom stereocenters. The van der Waals surface area contributed by atoms with Crippen molar-refractivity contribution >= 4 is 17.2 Å². The largest absolute Gasteiger partial charge is 0.491 e. The third kappa shape index (κ3) is 4.68. The van der Waals surface area contributed by atoms with Crippen LogP contribution in [0.3, 0.4) is 0 Å². The van der Waals surface area contributed by atoms with Gasteiger partial charge in [-0.1, -0.05) is 19.9 Å². The highest BCUT2D eigenvalue weighted by molar-refractivity contribution is 5.92. The van der Waals surface area contributed by atoms with Crippen LogP contribution in [-0.2, 0) is 25.8 Å². The van der Waals surface area contributed by atoms with Crippen LogP contribution in [0, 0.1) is 5.41 Å². The number of fused-ring (bicyclic) bond motifs is 3. The predicted molar refractivity (Wildman–Crippen MR) is 153 cm³/mol. The van der Waals surface area contributed by atoms with Crippen molar-refractivity contribution in [3.63, 3.8) is 0 Å². The fourth-order valence-electron chi connectivity index (χ4n) is 5.74. The molecular formula is C31H38N6O. The van der Waals surface area contributed by atoms with E-state index in [1.807, 2.05) is 6.20 Å². The Kier molecular flexibility index (Phi) is 6.22. The standard InChI is InChI=1S/C31H38N6O/c1-19-13-26-27(33-19)15-22(17-32-26)21-7-8-28-23(14-21)18-37(11-12-38-28)30-24-16-31(3,4)10-9-25(24)34-29(35-30)20(2)36(5)6/h7-8,14-15,17,20H,9-13,16,18H2,1-6H3. The van der Waals surface area contributed by atoms with Gasteiger partial charge in [0, 0.05) is 47.3 Å². The Morgan fingerprint density at radius 3 is 2.74 bits per heavy atom. The van der Waals surface area contributed by atoms with E-state index >= 15 is 0 Å². The van der Waals surface area contributed by atoms with Gasteiger partial charge in [0.1, 0.15) is 24.0 Å². The van der Waals surface area contributed by atoms with Crippen LogP contribution < -0.4 is 9.64 Å². The molecule has 1 aromatic carbocycles. The lowest BCUT2D eigenvalue weighted by molar-refractivity contribution is 0.296. The van der Waals surface area contributed by atoms with Gasteiger partial charge in [-0.15, -0.1) is 0 Å². The fourth-order valence-corrected chi connectivity index (χ4v) is 5.74. The highest BCUT2D eigenvalue weighted by Gasteiger charge is 2.32. The highest BCUT2D eigenvalue weighted by Crippen LogP contribution is 2.40. The quantitative estimate of drug-likeness (QED) is 0.447. The Morgan fingerprint density at radius 2 is 1.92 bits per heavy atom. The van der Waals surface area contributed by atoms with E-state index in [-0.39, 0.29) is 11.5 Å². The van der Waals surface area contributed by atoms with E-state index in [1.54, 1.807) is 0 Å². The first kappa shape index (κ1) is 25.0. The van der Waals surface area contributed by atoms with E-state index in [9.17, 15) is 0 Å². The normalized spacial score (nSPS) is 18.7. The molecule has 0 bridgehead atoms. The number of hydrogen-bond acceptors (Lipinski definition) is 7. The summed E-state index contributed by atoms with van der Waals surface area (Å²) in [4.78, 5) is 24.3. The van der Waals surface area contributed by atoms with Gasteiger partial charge in [0.2, 0.25) is 0 Å². The molecule has 2 aliphatic heterocycles. The Morgan fingerprint density at radius 1 is 1.08 bits per heavy atom. The average Bonchev–Trinajstić information content (AvgIpc) is 3.12. The summed E-state index contributed by atoms with van der Waals surface area (Å²) in [7, 11) is 4.18. The second-order valence-corrected chi connectivity index (χ2v) is 12.1. The molecule has 4 heterocycles. The zero-order valence-electron chi connectivity index (χ0n) is 23.5. The fraction of sp³-hybridized carbons (Fsp3) is 0.484. The van der Waals surface area contributed by atoms with E-state index in [4.69, 9.17) is 19.7 Å². The minimum atomic E-state index is 0.148. The smallest absolute Gasteiger partial charge is 0.147 e. The molecule has 0 saturated carbocycles. The maximum atomic E-state index is 6.25. The van der Waals surface area contributed by atoms with Crippen molar-refractivity contribution in [2.75, 3.05) is 32.1 Å². The van der Waals surface area contributed by atoms with E-state index in [0.717, 1.165) is 84.4 Å². The molecule has 1 unspecified atom stereocenters. The number of benzene rings is 1. The zero-order valence-corrected chi connectivity index (χ0v) is 23.5. The lowest BCUT2D eigenvalue weighted by Gasteiger charge is -2.35. The zero-order chi connectivity index (χ0) is 26.6. The van der Waals surface area contributed by atoms with Gasteiger partial charge in [-0.05, 0) is 76.4 Å². The molecule has 0 radical (unpaired) electrons. The third-order valence-electron chi connectivity index (χ3n) is 8.29. The summed E-state index contributed by atoms with van der Waals surface area (Å²) in [6, 6.07) is 8.80. The van der Waals surface area contributed by atoms with Crippen LogP contribution in [0.4, 0.5) is 11.5 Å². The summed E-state index contributed by atoms with van der Waals surface area (Å²) in [5.41, 5.74) is 9.35. The van der Waals surface area contributed by atoms with Crippen molar-refractivity contribution in [2.45, 2.75) is 66.0 Å². The molecule has 0 fully saturated rings. The first-order valence-electron chi connectivity index (χ1n) is 13.8. The molecule has 1 aliphatic carbocycles. The van der Waals surface area contributed by atoms with Crippen molar-refractivity contribution < 1.29 is 4.74 Å². The molecule has 2 aromatic heterocycles. The summed E-state index contributed by atoms with van der Waals surface area (Å²) in [5.74, 6) is 2.93. The first-order valence-corrected chi connectivity index (χ1v) is 13.8. The van der Waals surface area contributed by atoms with E-state index in [0.29, 0.717) is 6.61 Å². The second kappa shape index (κ2) is 9.45. The Bertz CT molecular complexity index is 1430. The van der Waals surface area contributed by atoms with Crippen LogP contribution in [0.25, 0.3) is 11.1 Å². The number of pyridine rings is 1. The Labute approximate surface area is 226 Å². The number of ether oxygens (including phenoxy) is 1. The molecule has 38 heavy (non-hydrogen) atoms. The van der Waals surface area contributed by atoms with Gasteiger partial charge in [0.25, 0.3) is 0 Å². The maximum Gasteiger partial charge on any atom is 0.147 e. The third-order valence-corrected chi connectivity index (χ3v) is 8.29. The maximum absolute atomic E-state index is 6.25. The van der Waals surface area contributed by atoms with Crippen LogP contribution in [0.15, 0.2) is 35.5 Å². The summed E-state index contributed by atoms with van der Waals surface area (Å²) < 4.78 is 6.25. The van der Waals surface area contributed by atoms with Gasteiger partial charge in [-0.3, -0.25) is 14.9 Å². The number of nitrogens with zero attached hydrogens (tertiary/aromatic N) is 6. The van der Waals surface area contributed by atoms with Crippen LogP contribution in [0.5, 0.6) is 5.75 Å². The van der Waals surface area contributed by atoms with Crippen molar-refractivity contribution in [1.82, 2.24) is 19.9 Å². The summed E-state index contributed by atoms with van der Waals surface area (Å²) in [6.45, 7) is 11.1. The number of hydrogen-bond donors (Lipinski definition) is 0. The van der Waals surface area contributed by atoms with Crippen molar-refractivity contribution in [3.8, 4) is 16.9 Å². The van der Waals surface area contributed by atoms with Crippen LogP contribution in [0.1, 0.15) is 68.5 Å². The minimum absolute atomic E-state index is 0.148. The van der Waals surface area contributed by atoms with E-state index in [1.165, 1.54) is 16.8 Å². The topological polar surface area (TPSA) is 66.7 Å². The Balaban J connectivity index is 1.38. The lowest BCUT2D eigenvalue weighted by Crippen LogP contribution is -2.33. The van der Waals surface area contributed by atoms with Crippen LogP contribution in [0.2, 0.25) is 0 Å². The number of aryl methyl sites for hydroxylation is 1. The van der Waals surface area contributed by atoms with Crippen molar-refractivity contribution in [3.05, 3.63) is 58.8 Å². The lowest BCUT2D eigenvalue weighted by atomic mass is 9.76. The van der Waals surface area contributed by atoms with Crippen molar-refractivity contribution in [2.24, 2.45) is 10.4 Å². The average molecular weight is 511 g/mol. The molecule has 0 saturated heterocycles. The SMILES string of the molecule is CC1=Nc2cc(-c3ccc4c(c3)CN(c3nc(C(C)N(C)C)nc5c3CC(C)(C)CC5)CCO4)cnc2C1. The van der Waals surface area contributed by atoms with Gasteiger partial charge < -0.3 is 9.64 Å². The van der Waals surface area contributed by atoms with Crippen LogP contribution in [-0.4, -0.2) is 52.8 Å². The molecule has 0 spiro atoms. The van der Waals surface area contributed by atoms with Gasteiger partial charge in [-0.25, -0.2) is 9.97 Å². The molecule has 198 valence electrons. The monoisotopic (exact) mass is 510 g/mol. The summed E-state index contributed by atoms with van der Waals surface area (Å²) >= 11 is 0. The van der Waals surface area contributed by atoms with Gasteiger partial charge in [0.05, 0.1) is 24.0 Å². The molecule has 3 aliphatic rings. The van der Waals surface area contributed by atoms with Gasteiger partial charge in [0.15, 0.2) is 0 Å². The number of rotatable bonds is 4. The predicted octanol–water partition coefficient (Wildman–Crippen LogP) is 5.72. The molecule has 7 heteroatoms. The van der Waals surface area contributed by atoms with Gasteiger partial charge in [-0.2, -0.15) is 0 Å². The van der Waals surface area contributed by atoms with E-state index < -0.39 is 0 Å². The minimum Gasteiger partial charge on any atom is -0.491 e. The van der Waals surface area contributed by atoms with E-state index in [2.05, 4.69) is 80.8 Å². The second-order valence-electron chi connectivity index (χ2n) is 12.1.